The van der Waals surface area contributed by atoms with Crippen molar-refractivity contribution >= 4 is 11.6 Å². The van der Waals surface area contributed by atoms with Crippen molar-refractivity contribution in [3.63, 3.8) is 0 Å². The third-order valence-electron chi connectivity index (χ3n) is 2.47. The fraction of sp³-hybridized carbons (Fsp3) is 0.167. The average Bonchev–Trinajstić information content (AvgIpc) is 2.22. The molecule has 3 heteroatoms. The highest BCUT2D eigenvalue weighted by Gasteiger charge is 2.06. The van der Waals surface area contributed by atoms with Gasteiger partial charge >= 0.3 is 0 Å². The Morgan fingerprint density at radius 1 is 1.13 bits per heavy atom. The number of halogens is 1. The topological polar surface area (TPSA) is 25.8 Å². The molecule has 76 valence electrons. The van der Waals surface area contributed by atoms with Gasteiger partial charge in [-0.15, -0.1) is 0 Å². The van der Waals surface area contributed by atoms with E-state index in [1.54, 1.807) is 12.3 Å². The predicted molar refractivity (Wildman–Crippen MR) is 62.0 cm³/mol. The van der Waals surface area contributed by atoms with Crippen LogP contribution in [0.3, 0.4) is 0 Å². The Morgan fingerprint density at radius 3 is 2.67 bits per heavy atom. The minimum Gasteiger partial charge on any atom is -0.236 e. The lowest BCUT2D eigenvalue weighted by molar-refractivity contribution is 1.16. The van der Waals surface area contributed by atoms with Crippen molar-refractivity contribution in [2.45, 2.75) is 13.8 Å². The summed E-state index contributed by atoms with van der Waals surface area (Å²) in [6.07, 6.45) is 1.67. The zero-order chi connectivity index (χ0) is 10.8. The molecule has 0 spiro atoms. The van der Waals surface area contributed by atoms with Crippen molar-refractivity contribution in [3.8, 4) is 11.4 Å². The van der Waals surface area contributed by atoms with Crippen LogP contribution < -0.4 is 0 Å². The summed E-state index contributed by atoms with van der Waals surface area (Å²) in [6, 6.07) is 7.76. The van der Waals surface area contributed by atoms with Crippen LogP contribution in [0.15, 0.2) is 30.5 Å². The van der Waals surface area contributed by atoms with Gasteiger partial charge in [-0.05, 0) is 31.0 Å². The standard InChI is InChI=1S/C12H11ClN2/c1-8-4-3-5-10(9(8)2)12-14-7-6-11(13)15-12/h3-7H,1-2H3. The Morgan fingerprint density at radius 2 is 1.93 bits per heavy atom. The van der Waals surface area contributed by atoms with Crippen molar-refractivity contribution in [1.29, 1.82) is 0 Å². The van der Waals surface area contributed by atoms with E-state index in [0.717, 1.165) is 5.56 Å². The van der Waals surface area contributed by atoms with Crippen LogP contribution in [-0.4, -0.2) is 9.97 Å². The third-order valence-corrected chi connectivity index (χ3v) is 2.68. The van der Waals surface area contributed by atoms with E-state index in [1.165, 1.54) is 11.1 Å². The zero-order valence-electron chi connectivity index (χ0n) is 8.66. The number of aryl methyl sites for hydroxylation is 1. The summed E-state index contributed by atoms with van der Waals surface area (Å²) in [5, 5.41) is 0.473. The highest BCUT2D eigenvalue weighted by Crippen LogP contribution is 2.22. The van der Waals surface area contributed by atoms with Gasteiger partial charge in [0.25, 0.3) is 0 Å². The number of nitrogens with zero attached hydrogens (tertiary/aromatic N) is 2. The molecule has 0 saturated carbocycles. The van der Waals surface area contributed by atoms with E-state index in [2.05, 4.69) is 29.9 Å². The Kier molecular flexibility index (Phi) is 2.69. The number of hydrogen-bond donors (Lipinski definition) is 0. The van der Waals surface area contributed by atoms with E-state index in [1.807, 2.05) is 12.1 Å². The fourth-order valence-electron chi connectivity index (χ4n) is 1.46. The van der Waals surface area contributed by atoms with Gasteiger partial charge in [-0.3, -0.25) is 0 Å². The lowest BCUT2D eigenvalue weighted by atomic mass is 10.0. The maximum Gasteiger partial charge on any atom is 0.161 e. The first-order valence-electron chi connectivity index (χ1n) is 4.73. The molecule has 15 heavy (non-hydrogen) atoms. The molecular weight excluding hydrogens is 208 g/mol. The Bertz CT molecular complexity index is 495. The fourth-order valence-corrected chi connectivity index (χ4v) is 1.60. The van der Waals surface area contributed by atoms with E-state index < -0.39 is 0 Å². The molecule has 0 aliphatic carbocycles. The first kappa shape index (κ1) is 10.1. The van der Waals surface area contributed by atoms with Crippen LogP contribution in [0.25, 0.3) is 11.4 Å². The summed E-state index contributed by atoms with van der Waals surface area (Å²) in [6.45, 7) is 4.14. The van der Waals surface area contributed by atoms with Crippen LogP contribution in [0.1, 0.15) is 11.1 Å². The second kappa shape index (κ2) is 3.99. The molecule has 0 atom stereocenters. The maximum atomic E-state index is 5.84. The van der Waals surface area contributed by atoms with Crippen molar-refractivity contribution in [2.75, 3.05) is 0 Å². The lowest BCUT2D eigenvalue weighted by Gasteiger charge is -2.06. The highest BCUT2D eigenvalue weighted by molar-refractivity contribution is 6.29. The molecule has 1 heterocycles. The summed E-state index contributed by atoms with van der Waals surface area (Å²) >= 11 is 5.84. The van der Waals surface area contributed by atoms with Gasteiger partial charge in [0, 0.05) is 11.8 Å². The molecule has 1 aromatic carbocycles. The molecule has 0 N–H and O–H groups in total. The Hall–Kier alpha value is -1.41. The predicted octanol–water partition coefficient (Wildman–Crippen LogP) is 3.41. The molecule has 2 nitrogen and oxygen atoms in total. The van der Waals surface area contributed by atoms with Crippen LogP contribution in [0, 0.1) is 13.8 Å². The highest BCUT2D eigenvalue weighted by atomic mass is 35.5. The average molecular weight is 219 g/mol. The van der Waals surface area contributed by atoms with Gasteiger partial charge in [-0.1, -0.05) is 29.8 Å². The molecule has 2 aromatic rings. The van der Waals surface area contributed by atoms with Gasteiger partial charge in [0.1, 0.15) is 5.15 Å². The van der Waals surface area contributed by atoms with Gasteiger partial charge in [0.2, 0.25) is 0 Å². The van der Waals surface area contributed by atoms with Gasteiger partial charge in [-0.2, -0.15) is 0 Å². The van der Waals surface area contributed by atoms with Gasteiger partial charge in [0.15, 0.2) is 5.82 Å². The van der Waals surface area contributed by atoms with Gasteiger partial charge in [0.05, 0.1) is 0 Å². The first-order valence-corrected chi connectivity index (χ1v) is 5.11. The second-order valence-corrected chi connectivity index (χ2v) is 3.84. The molecule has 0 radical (unpaired) electrons. The van der Waals surface area contributed by atoms with E-state index in [0.29, 0.717) is 11.0 Å². The molecule has 0 unspecified atom stereocenters. The first-order chi connectivity index (χ1) is 7.18. The summed E-state index contributed by atoms with van der Waals surface area (Å²) in [4.78, 5) is 8.42. The minimum atomic E-state index is 0.473. The largest absolute Gasteiger partial charge is 0.236 e. The summed E-state index contributed by atoms with van der Waals surface area (Å²) in [7, 11) is 0. The number of hydrogen-bond acceptors (Lipinski definition) is 2. The number of aromatic nitrogens is 2. The van der Waals surface area contributed by atoms with Crippen molar-refractivity contribution in [3.05, 3.63) is 46.7 Å². The molecule has 0 bridgehead atoms. The molecule has 0 amide bonds. The summed E-state index contributed by atoms with van der Waals surface area (Å²) in [5.41, 5.74) is 3.47. The molecule has 0 aliphatic heterocycles. The van der Waals surface area contributed by atoms with E-state index in [4.69, 9.17) is 11.6 Å². The summed E-state index contributed by atoms with van der Waals surface area (Å²) < 4.78 is 0. The third kappa shape index (κ3) is 2.00. The molecular formula is C12H11ClN2. The zero-order valence-corrected chi connectivity index (χ0v) is 9.42. The lowest BCUT2D eigenvalue weighted by Crippen LogP contribution is -1.92. The molecule has 0 fully saturated rings. The quantitative estimate of drug-likeness (QED) is 0.686. The second-order valence-electron chi connectivity index (χ2n) is 3.45. The van der Waals surface area contributed by atoms with Crippen LogP contribution in [0.5, 0.6) is 0 Å². The van der Waals surface area contributed by atoms with Crippen LogP contribution in [-0.2, 0) is 0 Å². The van der Waals surface area contributed by atoms with E-state index in [-0.39, 0.29) is 0 Å². The van der Waals surface area contributed by atoms with Crippen molar-refractivity contribution in [1.82, 2.24) is 9.97 Å². The number of benzene rings is 1. The number of rotatable bonds is 1. The van der Waals surface area contributed by atoms with E-state index in [9.17, 15) is 0 Å². The SMILES string of the molecule is Cc1cccc(-c2nccc(Cl)n2)c1C. The molecule has 1 aromatic heterocycles. The van der Waals surface area contributed by atoms with Gasteiger partial charge < -0.3 is 0 Å². The molecule has 0 saturated heterocycles. The van der Waals surface area contributed by atoms with Crippen LogP contribution in [0.2, 0.25) is 5.15 Å². The molecule has 0 aliphatic rings. The maximum absolute atomic E-state index is 5.84. The Balaban J connectivity index is 2.59. The minimum absolute atomic E-state index is 0.473. The van der Waals surface area contributed by atoms with Gasteiger partial charge in [-0.25, -0.2) is 9.97 Å². The van der Waals surface area contributed by atoms with Crippen molar-refractivity contribution in [2.24, 2.45) is 0 Å². The van der Waals surface area contributed by atoms with E-state index >= 15 is 0 Å². The molecule has 2 rings (SSSR count). The normalized spacial score (nSPS) is 10.3. The summed E-state index contributed by atoms with van der Waals surface area (Å²) in [5.74, 6) is 0.684. The monoisotopic (exact) mass is 218 g/mol. The van der Waals surface area contributed by atoms with Crippen LogP contribution in [0.4, 0.5) is 0 Å². The van der Waals surface area contributed by atoms with Crippen molar-refractivity contribution < 1.29 is 0 Å². The van der Waals surface area contributed by atoms with Crippen LogP contribution >= 0.6 is 11.6 Å². The Labute approximate surface area is 94.0 Å². The smallest absolute Gasteiger partial charge is 0.161 e.